The van der Waals surface area contributed by atoms with Crippen LogP contribution in [0.15, 0.2) is 18.2 Å². The fourth-order valence-electron chi connectivity index (χ4n) is 3.86. The molecule has 2 aliphatic rings. The number of nitrogens with one attached hydrogen (secondary N) is 1. The topological polar surface area (TPSA) is 86.4 Å². The van der Waals surface area contributed by atoms with Crippen molar-refractivity contribution in [3.63, 3.8) is 0 Å². The third-order valence-electron chi connectivity index (χ3n) is 5.51. The summed E-state index contributed by atoms with van der Waals surface area (Å²) in [6.45, 7) is 4.30. The minimum atomic E-state index is -3.15. The summed E-state index contributed by atoms with van der Waals surface area (Å²) >= 11 is 0. The van der Waals surface area contributed by atoms with Crippen molar-refractivity contribution in [2.24, 2.45) is 5.92 Å². The SMILES string of the molecule is Cc1ccc2nc(C3CN(C(=O)C4CCN(S(C)(=O)=O)CC4)C3)[nH]c2c1. The van der Waals surface area contributed by atoms with Gasteiger partial charge in [-0.1, -0.05) is 6.07 Å². The summed E-state index contributed by atoms with van der Waals surface area (Å²) in [7, 11) is -3.15. The molecule has 140 valence electrons. The van der Waals surface area contributed by atoms with Gasteiger partial charge in [-0.2, -0.15) is 0 Å². The number of hydrogen-bond acceptors (Lipinski definition) is 4. The molecule has 0 radical (unpaired) electrons. The fourth-order valence-corrected chi connectivity index (χ4v) is 4.73. The molecule has 7 nitrogen and oxygen atoms in total. The van der Waals surface area contributed by atoms with E-state index in [1.54, 1.807) is 0 Å². The second-order valence-electron chi connectivity index (χ2n) is 7.52. The van der Waals surface area contributed by atoms with Crippen LogP contribution in [-0.2, 0) is 14.8 Å². The van der Waals surface area contributed by atoms with Crippen LogP contribution in [0, 0.1) is 12.8 Å². The molecule has 1 amide bonds. The third kappa shape index (κ3) is 3.23. The van der Waals surface area contributed by atoms with Gasteiger partial charge < -0.3 is 9.88 Å². The van der Waals surface area contributed by atoms with Gasteiger partial charge in [0.2, 0.25) is 15.9 Å². The predicted molar refractivity (Wildman–Crippen MR) is 99.3 cm³/mol. The number of rotatable bonds is 3. The minimum absolute atomic E-state index is 0.0627. The van der Waals surface area contributed by atoms with Gasteiger partial charge in [0.05, 0.1) is 23.2 Å². The number of likely N-dealkylation sites (tertiary alicyclic amines) is 1. The number of aryl methyl sites for hydroxylation is 1. The molecule has 0 aliphatic carbocycles. The lowest BCUT2D eigenvalue weighted by atomic mass is 9.92. The standard InChI is InChI=1S/C18H24N4O3S/c1-12-3-4-15-16(9-12)20-17(19-15)14-10-21(11-14)18(23)13-5-7-22(8-6-13)26(2,24)25/h3-4,9,13-14H,5-8,10-11H2,1-2H3,(H,19,20). The number of aromatic amines is 1. The number of H-pyrrole nitrogens is 1. The first-order valence-electron chi connectivity index (χ1n) is 9.01. The molecule has 0 bridgehead atoms. The van der Waals surface area contributed by atoms with Gasteiger partial charge in [0.15, 0.2) is 0 Å². The summed E-state index contributed by atoms with van der Waals surface area (Å²) in [6.07, 6.45) is 2.44. The van der Waals surface area contributed by atoms with Crippen molar-refractivity contribution in [2.45, 2.75) is 25.7 Å². The first-order chi connectivity index (χ1) is 12.3. The van der Waals surface area contributed by atoms with Crippen LogP contribution in [-0.4, -0.2) is 65.9 Å². The van der Waals surface area contributed by atoms with Crippen molar-refractivity contribution < 1.29 is 13.2 Å². The van der Waals surface area contributed by atoms with E-state index in [-0.39, 0.29) is 17.7 Å². The van der Waals surface area contributed by atoms with Crippen LogP contribution in [0.4, 0.5) is 0 Å². The summed E-state index contributed by atoms with van der Waals surface area (Å²) in [4.78, 5) is 22.6. The Kier molecular flexibility index (Phi) is 4.27. The number of amides is 1. The molecule has 0 saturated carbocycles. The summed E-state index contributed by atoms with van der Waals surface area (Å²) in [5.41, 5.74) is 3.19. The molecule has 2 fully saturated rings. The van der Waals surface area contributed by atoms with Gasteiger partial charge in [-0.3, -0.25) is 4.79 Å². The Morgan fingerprint density at radius 2 is 1.92 bits per heavy atom. The van der Waals surface area contributed by atoms with Crippen LogP contribution in [0.2, 0.25) is 0 Å². The number of benzene rings is 1. The highest BCUT2D eigenvalue weighted by molar-refractivity contribution is 7.88. The van der Waals surface area contributed by atoms with Crippen LogP contribution in [0.3, 0.4) is 0 Å². The predicted octanol–water partition coefficient (Wildman–Crippen LogP) is 1.47. The molecule has 26 heavy (non-hydrogen) atoms. The lowest BCUT2D eigenvalue weighted by Gasteiger charge is -2.41. The first kappa shape index (κ1) is 17.5. The Bertz CT molecular complexity index is 938. The van der Waals surface area contributed by atoms with Crippen molar-refractivity contribution in [2.75, 3.05) is 32.4 Å². The first-order valence-corrected chi connectivity index (χ1v) is 10.9. The maximum Gasteiger partial charge on any atom is 0.225 e. The Morgan fingerprint density at radius 3 is 2.58 bits per heavy atom. The Labute approximate surface area is 153 Å². The monoisotopic (exact) mass is 376 g/mol. The highest BCUT2D eigenvalue weighted by Gasteiger charge is 2.38. The average Bonchev–Trinajstić information content (AvgIpc) is 2.95. The largest absolute Gasteiger partial charge is 0.342 e. The molecule has 1 N–H and O–H groups in total. The Hall–Kier alpha value is -1.93. The molecule has 0 spiro atoms. The summed E-state index contributed by atoms with van der Waals surface area (Å²) in [6, 6.07) is 6.15. The van der Waals surface area contributed by atoms with Crippen molar-refractivity contribution in [3.05, 3.63) is 29.6 Å². The zero-order valence-corrected chi connectivity index (χ0v) is 15.9. The zero-order chi connectivity index (χ0) is 18.5. The minimum Gasteiger partial charge on any atom is -0.342 e. The fraction of sp³-hybridized carbons (Fsp3) is 0.556. The number of fused-ring (bicyclic) bond motifs is 1. The number of carbonyl (C=O) groups excluding carboxylic acids is 1. The highest BCUT2D eigenvalue weighted by Crippen LogP contribution is 2.30. The van der Waals surface area contributed by atoms with Gasteiger partial charge in [0.25, 0.3) is 0 Å². The lowest BCUT2D eigenvalue weighted by molar-refractivity contribution is -0.141. The number of aromatic nitrogens is 2. The van der Waals surface area contributed by atoms with Crippen LogP contribution in [0.25, 0.3) is 11.0 Å². The third-order valence-corrected chi connectivity index (χ3v) is 6.81. The van der Waals surface area contributed by atoms with Crippen molar-refractivity contribution in [1.29, 1.82) is 0 Å². The van der Waals surface area contributed by atoms with E-state index < -0.39 is 10.0 Å². The smallest absolute Gasteiger partial charge is 0.225 e. The molecular formula is C18H24N4O3S. The number of piperidine rings is 1. The van der Waals surface area contributed by atoms with Gasteiger partial charge >= 0.3 is 0 Å². The summed E-state index contributed by atoms with van der Waals surface area (Å²) in [5, 5.41) is 0. The van der Waals surface area contributed by atoms with Crippen LogP contribution >= 0.6 is 0 Å². The molecule has 2 aliphatic heterocycles. The van der Waals surface area contributed by atoms with E-state index in [9.17, 15) is 13.2 Å². The molecule has 0 atom stereocenters. The van der Waals surface area contributed by atoms with Gasteiger partial charge in [-0.05, 0) is 37.5 Å². The van der Waals surface area contributed by atoms with E-state index in [0.717, 1.165) is 16.9 Å². The second-order valence-corrected chi connectivity index (χ2v) is 9.50. The molecule has 3 heterocycles. The molecular weight excluding hydrogens is 352 g/mol. The van der Waals surface area contributed by atoms with E-state index in [2.05, 4.69) is 23.0 Å². The van der Waals surface area contributed by atoms with Gasteiger partial charge in [0.1, 0.15) is 5.82 Å². The quantitative estimate of drug-likeness (QED) is 0.879. The Morgan fingerprint density at radius 1 is 1.23 bits per heavy atom. The van der Waals surface area contributed by atoms with Crippen LogP contribution < -0.4 is 0 Å². The van der Waals surface area contributed by atoms with E-state index >= 15 is 0 Å². The number of carbonyl (C=O) groups is 1. The molecule has 8 heteroatoms. The molecule has 4 rings (SSSR count). The van der Waals surface area contributed by atoms with Gasteiger partial charge in [-0.15, -0.1) is 0 Å². The Balaban J connectivity index is 1.35. The highest BCUT2D eigenvalue weighted by atomic mass is 32.2. The van der Waals surface area contributed by atoms with E-state index in [0.29, 0.717) is 39.0 Å². The average molecular weight is 376 g/mol. The molecule has 2 aromatic rings. The number of hydrogen-bond donors (Lipinski definition) is 1. The number of sulfonamides is 1. The number of imidazole rings is 1. The van der Waals surface area contributed by atoms with Gasteiger partial charge in [0, 0.05) is 32.1 Å². The molecule has 1 aromatic carbocycles. The second kappa shape index (κ2) is 6.35. The van der Waals surface area contributed by atoms with Crippen molar-refractivity contribution >= 4 is 27.0 Å². The maximum absolute atomic E-state index is 12.7. The van der Waals surface area contributed by atoms with Crippen LogP contribution in [0.1, 0.15) is 30.1 Å². The molecule has 2 saturated heterocycles. The van der Waals surface area contributed by atoms with Crippen LogP contribution in [0.5, 0.6) is 0 Å². The normalized spacial score (nSPS) is 20.5. The van der Waals surface area contributed by atoms with Crippen molar-refractivity contribution in [3.8, 4) is 0 Å². The molecule has 0 unspecified atom stereocenters. The van der Waals surface area contributed by atoms with E-state index in [1.807, 2.05) is 17.0 Å². The molecule has 1 aromatic heterocycles. The maximum atomic E-state index is 12.7. The zero-order valence-electron chi connectivity index (χ0n) is 15.1. The lowest BCUT2D eigenvalue weighted by Crippen LogP contribution is -2.52. The summed E-state index contributed by atoms with van der Waals surface area (Å²) in [5.74, 6) is 1.29. The van der Waals surface area contributed by atoms with E-state index in [4.69, 9.17) is 0 Å². The van der Waals surface area contributed by atoms with E-state index in [1.165, 1.54) is 16.1 Å². The summed E-state index contributed by atoms with van der Waals surface area (Å²) < 4.78 is 24.6. The van der Waals surface area contributed by atoms with Gasteiger partial charge in [-0.25, -0.2) is 17.7 Å². The number of nitrogens with zero attached hydrogens (tertiary/aromatic N) is 3. The van der Waals surface area contributed by atoms with Crippen molar-refractivity contribution in [1.82, 2.24) is 19.2 Å².